The highest BCUT2D eigenvalue weighted by Crippen LogP contribution is 2.29. The summed E-state index contributed by atoms with van der Waals surface area (Å²) in [5.74, 6) is -1.18. The molecule has 0 saturated carbocycles. The van der Waals surface area contributed by atoms with Crippen molar-refractivity contribution in [3.63, 3.8) is 0 Å². The molecule has 0 unspecified atom stereocenters. The maximum absolute atomic E-state index is 12.8. The van der Waals surface area contributed by atoms with Crippen LogP contribution >= 0.6 is 0 Å². The van der Waals surface area contributed by atoms with Crippen molar-refractivity contribution in [1.29, 1.82) is 0 Å². The summed E-state index contributed by atoms with van der Waals surface area (Å²) in [4.78, 5) is 25.2. The van der Waals surface area contributed by atoms with Gasteiger partial charge >= 0.3 is 0 Å². The number of rotatable bonds is 5. The third kappa shape index (κ3) is 4.14. The van der Waals surface area contributed by atoms with E-state index in [-0.39, 0.29) is 22.0 Å². The standard InChI is InChI=1S/C22H22N4O5S/c1-15-13-20(28)21(24-26(15)16-7-3-2-4-8-16)22(29)23-18-14-17(9-10-19(18)27)32(30,31)25-11-5-6-12-25/h2-4,7-10,13-14,27H,5-6,11-12H2,1H3,(H,23,29). The van der Waals surface area contributed by atoms with E-state index in [0.29, 0.717) is 24.5 Å². The SMILES string of the molecule is Cc1cc(=O)c(C(=O)Nc2cc(S(=O)(=O)N3CCCC3)ccc2O)nn1-c1ccccc1. The fourth-order valence-electron chi connectivity index (χ4n) is 3.57. The number of aryl methyl sites for hydroxylation is 1. The Kier molecular flexibility index (Phi) is 5.81. The summed E-state index contributed by atoms with van der Waals surface area (Å²) in [6.07, 6.45) is 1.57. The van der Waals surface area contributed by atoms with E-state index in [1.807, 2.05) is 6.07 Å². The van der Waals surface area contributed by atoms with E-state index in [4.69, 9.17) is 0 Å². The van der Waals surface area contributed by atoms with E-state index in [2.05, 4.69) is 10.4 Å². The van der Waals surface area contributed by atoms with Crippen molar-refractivity contribution in [2.45, 2.75) is 24.7 Å². The number of carbonyl (C=O) groups excluding carboxylic acids is 1. The van der Waals surface area contributed by atoms with Crippen LogP contribution in [0.1, 0.15) is 29.0 Å². The number of hydrogen-bond acceptors (Lipinski definition) is 6. The second-order valence-corrected chi connectivity index (χ2v) is 9.43. The minimum Gasteiger partial charge on any atom is -0.506 e. The number of nitrogens with zero attached hydrogens (tertiary/aromatic N) is 3. The van der Waals surface area contributed by atoms with Crippen molar-refractivity contribution in [3.05, 3.63) is 76.2 Å². The van der Waals surface area contributed by atoms with Gasteiger partial charge in [0.05, 0.1) is 16.3 Å². The molecule has 1 aliphatic heterocycles. The molecule has 10 heteroatoms. The number of sulfonamides is 1. The molecule has 0 bridgehead atoms. The molecule has 9 nitrogen and oxygen atoms in total. The van der Waals surface area contributed by atoms with Gasteiger partial charge < -0.3 is 10.4 Å². The molecule has 3 aromatic rings. The Labute approximate surface area is 185 Å². The number of para-hydroxylation sites is 1. The molecule has 1 fully saturated rings. The van der Waals surface area contributed by atoms with Gasteiger partial charge in [0.2, 0.25) is 15.5 Å². The van der Waals surface area contributed by atoms with Gasteiger partial charge in [-0.15, -0.1) is 0 Å². The van der Waals surface area contributed by atoms with E-state index in [1.165, 1.54) is 33.3 Å². The summed E-state index contributed by atoms with van der Waals surface area (Å²) in [5, 5.41) is 16.8. The number of nitrogens with one attached hydrogen (secondary N) is 1. The van der Waals surface area contributed by atoms with Crippen molar-refractivity contribution in [1.82, 2.24) is 14.1 Å². The zero-order valence-corrected chi connectivity index (χ0v) is 18.2. The number of anilines is 1. The molecule has 2 N–H and O–H groups in total. The van der Waals surface area contributed by atoms with Crippen LogP contribution < -0.4 is 10.7 Å². The quantitative estimate of drug-likeness (QED) is 0.571. The van der Waals surface area contributed by atoms with Crippen molar-refractivity contribution in [3.8, 4) is 11.4 Å². The van der Waals surface area contributed by atoms with E-state index >= 15 is 0 Å². The number of phenols is 1. The minimum atomic E-state index is -3.75. The van der Waals surface area contributed by atoms with Gasteiger partial charge in [0.15, 0.2) is 5.69 Å². The lowest BCUT2D eigenvalue weighted by Gasteiger charge is -2.17. The third-order valence-electron chi connectivity index (χ3n) is 5.24. The molecular weight excluding hydrogens is 432 g/mol. The first-order valence-electron chi connectivity index (χ1n) is 10.1. The van der Waals surface area contributed by atoms with Gasteiger partial charge in [-0.25, -0.2) is 13.1 Å². The second kappa shape index (κ2) is 8.56. The summed E-state index contributed by atoms with van der Waals surface area (Å²) in [6.45, 7) is 2.55. The molecule has 32 heavy (non-hydrogen) atoms. The number of carbonyl (C=O) groups is 1. The van der Waals surface area contributed by atoms with Gasteiger partial charge in [-0.1, -0.05) is 18.2 Å². The molecule has 0 radical (unpaired) electrons. The first kappa shape index (κ1) is 21.7. The fraction of sp³-hybridized carbons (Fsp3) is 0.227. The van der Waals surface area contributed by atoms with E-state index in [9.17, 15) is 23.1 Å². The van der Waals surface area contributed by atoms with Gasteiger partial charge in [0.1, 0.15) is 5.75 Å². The molecule has 2 heterocycles. The van der Waals surface area contributed by atoms with Crippen molar-refractivity contribution >= 4 is 21.6 Å². The van der Waals surface area contributed by atoms with Crippen LogP contribution in [0.5, 0.6) is 5.75 Å². The Morgan fingerprint density at radius 3 is 2.44 bits per heavy atom. The molecular formula is C22H22N4O5S. The lowest BCUT2D eigenvalue weighted by molar-refractivity contribution is 0.101. The zero-order chi connectivity index (χ0) is 22.9. The Morgan fingerprint density at radius 1 is 1.06 bits per heavy atom. The van der Waals surface area contributed by atoms with Crippen LogP contribution in [-0.2, 0) is 10.0 Å². The van der Waals surface area contributed by atoms with Crippen molar-refractivity contribution in [2.24, 2.45) is 0 Å². The Balaban J connectivity index is 1.67. The van der Waals surface area contributed by atoms with Crippen molar-refractivity contribution in [2.75, 3.05) is 18.4 Å². The first-order valence-corrected chi connectivity index (χ1v) is 11.5. The summed E-state index contributed by atoms with van der Waals surface area (Å²) < 4.78 is 28.5. The molecule has 0 spiro atoms. The molecule has 4 rings (SSSR count). The molecule has 1 saturated heterocycles. The van der Waals surface area contributed by atoms with Gasteiger partial charge in [0.25, 0.3) is 5.91 Å². The second-order valence-electron chi connectivity index (χ2n) is 7.49. The van der Waals surface area contributed by atoms with Crippen LogP contribution in [0.4, 0.5) is 5.69 Å². The summed E-state index contributed by atoms with van der Waals surface area (Å²) >= 11 is 0. The van der Waals surface area contributed by atoms with Crippen molar-refractivity contribution < 1.29 is 18.3 Å². The topological polar surface area (TPSA) is 122 Å². The highest BCUT2D eigenvalue weighted by Gasteiger charge is 2.28. The monoisotopic (exact) mass is 454 g/mol. The molecule has 0 aliphatic carbocycles. The highest BCUT2D eigenvalue weighted by molar-refractivity contribution is 7.89. The van der Waals surface area contributed by atoms with Crippen LogP contribution in [0, 0.1) is 6.92 Å². The lowest BCUT2D eigenvalue weighted by atomic mass is 10.2. The van der Waals surface area contributed by atoms with Crippen LogP contribution in [0.25, 0.3) is 5.69 Å². The molecule has 1 amide bonds. The summed E-state index contributed by atoms with van der Waals surface area (Å²) in [5.41, 5.74) is 0.113. The molecule has 0 atom stereocenters. The number of benzene rings is 2. The van der Waals surface area contributed by atoms with Crippen LogP contribution in [0.15, 0.2) is 64.3 Å². The smallest absolute Gasteiger partial charge is 0.280 e. The fourth-order valence-corrected chi connectivity index (χ4v) is 5.11. The Hall–Kier alpha value is -3.50. The minimum absolute atomic E-state index is 0.0499. The third-order valence-corrected chi connectivity index (χ3v) is 7.14. The predicted molar refractivity (Wildman–Crippen MR) is 119 cm³/mol. The maximum Gasteiger partial charge on any atom is 0.280 e. The van der Waals surface area contributed by atoms with Gasteiger partial charge in [-0.2, -0.15) is 9.40 Å². The van der Waals surface area contributed by atoms with Gasteiger partial charge in [-0.3, -0.25) is 9.59 Å². The van der Waals surface area contributed by atoms with E-state index in [0.717, 1.165) is 12.8 Å². The van der Waals surface area contributed by atoms with Gasteiger partial charge in [0, 0.05) is 24.8 Å². The number of amides is 1. The molecule has 1 aromatic heterocycles. The van der Waals surface area contributed by atoms with E-state index in [1.54, 1.807) is 31.2 Å². The summed E-state index contributed by atoms with van der Waals surface area (Å²) in [6, 6.07) is 14.0. The average molecular weight is 455 g/mol. The molecule has 1 aliphatic rings. The number of aromatic hydroxyl groups is 1. The zero-order valence-electron chi connectivity index (χ0n) is 17.4. The normalized spacial score (nSPS) is 14.4. The molecule has 166 valence electrons. The van der Waals surface area contributed by atoms with E-state index < -0.39 is 21.4 Å². The average Bonchev–Trinajstić information content (AvgIpc) is 3.32. The number of hydrogen-bond donors (Lipinski definition) is 2. The lowest BCUT2D eigenvalue weighted by Crippen LogP contribution is -2.28. The van der Waals surface area contributed by atoms with Crippen LogP contribution in [-0.4, -0.2) is 46.6 Å². The summed E-state index contributed by atoms with van der Waals surface area (Å²) in [7, 11) is -3.75. The Morgan fingerprint density at radius 2 is 1.75 bits per heavy atom. The Bertz CT molecular complexity index is 1330. The van der Waals surface area contributed by atoms with Gasteiger partial charge in [-0.05, 0) is 50.1 Å². The number of aromatic nitrogens is 2. The first-order chi connectivity index (χ1) is 15.3. The molecule has 2 aromatic carbocycles. The van der Waals surface area contributed by atoms with Crippen LogP contribution in [0.2, 0.25) is 0 Å². The number of phenolic OH excluding ortho intramolecular Hbond substituents is 1. The predicted octanol–water partition coefficient (Wildman–Crippen LogP) is 2.28. The van der Waals surface area contributed by atoms with Crippen LogP contribution in [0.3, 0.4) is 0 Å². The highest BCUT2D eigenvalue weighted by atomic mass is 32.2. The largest absolute Gasteiger partial charge is 0.506 e. The maximum atomic E-state index is 12.8.